The fourth-order valence-electron chi connectivity index (χ4n) is 4.54. The first-order chi connectivity index (χ1) is 15.1. The topological polar surface area (TPSA) is 95.8 Å². The molecular weight excluding hydrogens is 414 g/mol. The Morgan fingerprint density at radius 3 is 2.77 bits per heavy atom. The maximum absolute atomic E-state index is 10.1. The number of aryl methyl sites for hydroxylation is 1. The van der Waals surface area contributed by atoms with Crippen molar-refractivity contribution in [2.45, 2.75) is 58.2 Å². The van der Waals surface area contributed by atoms with Crippen molar-refractivity contribution >= 4 is 39.5 Å². The fraction of sp³-hybridized carbons (Fsp3) is 0.455. The van der Waals surface area contributed by atoms with Gasteiger partial charge in [0.1, 0.15) is 16.9 Å². The average molecular weight is 440 g/mol. The second-order valence-electron chi connectivity index (χ2n) is 8.17. The molecule has 1 saturated carbocycles. The molecule has 0 aliphatic heterocycles. The minimum atomic E-state index is -0.185. The van der Waals surface area contributed by atoms with E-state index in [1.807, 2.05) is 37.0 Å². The zero-order valence-electron chi connectivity index (χ0n) is 17.8. The Bertz CT molecular complexity index is 1240. The highest BCUT2D eigenvalue weighted by Crippen LogP contribution is 2.36. The van der Waals surface area contributed by atoms with E-state index in [9.17, 15) is 5.11 Å². The van der Waals surface area contributed by atoms with Crippen molar-refractivity contribution in [3.63, 3.8) is 0 Å². The minimum Gasteiger partial charge on any atom is -0.390 e. The Hall–Kier alpha value is -2.71. The average Bonchev–Trinajstić information content (AvgIpc) is 3.42. The summed E-state index contributed by atoms with van der Waals surface area (Å²) in [6.07, 6.45) is 7.95. The van der Waals surface area contributed by atoms with Gasteiger partial charge in [0.15, 0.2) is 11.5 Å². The highest BCUT2D eigenvalue weighted by molar-refractivity contribution is 6.38. The third kappa shape index (κ3) is 3.43. The van der Waals surface area contributed by atoms with Gasteiger partial charge in [0.05, 0.1) is 17.1 Å². The number of aliphatic hydroxyl groups excluding tert-OH is 1. The SMILES string of the molecule is CCn1cc2c(Cl)c(-c3n[nH]c4nc(N(C)C5CCCCC5)c(CO)nc34)ccc2n1. The van der Waals surface area contributed by atoms with Crippen molar-refractivity contribution < 1.29 is 5.11 Å². The van der Waals surface area contributed by atoms with E-state index in [0.29, 0.717) is 39.4 Å². The highest BCUT2D eigenvalue weighted by atomic mass is 35.5. The normalized spacial score (nSPS) is 15.2. The van der Waals surface area contributed by atoms with Gasteiger partial charge >= 0.3 is 0 Å². The monoisotopic (exact) mass is 439 g/mol. The van der Waals surface area contributed by atoms with Gasteiger partial charge in [-0.25, -0.2) is 9.97 Å². The minimum absolute atomic E-state index is 0.185. The Morgan fingerprint density at radius 1 is 1.23 bits per heavy atom. The van der Waals surface area contributed by atoms with Crippen LogP contribution in [0.25, 0.3) is 33.3 Å². The van der Waals surface area contributed by atoms with E-state index < -0.39 is 0 Å². The van der Waals surface area contributed by atoms with Crippen LogP contribution >= 0.6 is 11.6 Å². The molecular formula is C22H26ClN7O. The summed E-state index contributed by atoms with van der Waals surface area (Å²) in [5.74, 6) is 0.711. The number of nitrogens with zero attached hydrogens (tertiary/aromatic N) is 6. The quantitative estimate of drug-likeness (QED) is 0.481. The highest BCUT2D eigenvalue weighted by Gasteiger charge is 2.24. The Labute approximate surface area is 185 Å². The van der Waals surface area contributed by atoms with E-state index in [0.717, 1.165) is 35.9 Å². The van der Waals surface area contributed by atoms with Crippen molar-refractivity contribution in [2.24, 2.45) is 0 Å². The predicted molar refractivity (Wildman–Crippen MR) is 122 cm³/mol. The zero-order valence-corrected chi connectivity index (χ0v) is 18.5. The smallest absolute Gasteiger partial charge is 0.177 e. The molecule has 1 aliphatic rings. The number of hydrogen-bond acceptors (Lipinski definition) is 6. The third-order valence-electron chi connectivity index (χ3n) is 6.30. The number of aliphatic hydroxyl groups is 1. The molecule has 0 bridgehead atoms. The predicted octanol–water partition coefficient (Wildman–Crippen LogP) is 4.30. The number of hydrogen-bond donors (Lipinski definition) is 2. The summed E-state index contributed by atoms with van der Waals surface area (Å²) in [6, 6.07) is 4.27. The molecule has 0 amide bonds. The summed E-state index contributed by atoms with van der Waals surface area (Å²) in [4.78, 5) is 11.7. The van der Waals surface area contributed by atoms with Crippen molar-refractivity contribution in [2.75, 3.05) is 11.9 Å². The number of rotatable bonds is 5. The molecule has 1 aromatic carbocycles. The van der Waals surface area contributed by atoms with E-state index in [2.05, 4.69) is 20.2 Å². The Kier molecular flexibility index (Phi) is 5.27. The van der Waals surface area contributed by atoms with Crippen molar-refractivity contribution in [1.29, 1.82) is 0 Å². The maximum atomic E-state index is 10.1. The van der Waals surface area contributed by atoms with Crippen LogP contribution < -0.4 is 4.90 Å². The lowest BCUT2D eigenvalue weighted by Crippen LogP contribution is -2.34. The van der Waals surface area contributed by atoms with E-state index in [1.54, 1.807) is 0 Å². The summed E-state index contributed by atoms with van der Waals surface area (Å²) < 4.78 is 1.86. The van der Waals surface area contributed by atoms with Crippen molar-refractivity contribution in [3.05, 3.63) is 29.0 Å². The standard InChI is InChI=1S/C22H26ClN7O/c1-3-30-11-15-16(28-30)10-9-14(18(15)23)19-20-21(27-26-19)25-22(17(12-31)24-20)29(2)13-7-5-4-6-8-13/h9-11,13,31H,3-8,12H2,1-2H3,(H,25,26,27). The van der Waals surface area contributed by atoms with E-state index in [4.69, 9.17) is 21.6 Å². The summed E-state index contributed by atoms with van der Waals surface area (Å²) in [5, 5.41) is 23.5. The molecule has 162 valence electrons. The first kappa shape index (κ1) is 20.2. The van der Waals surface area contributed by atoms with E-state index in [1.165, 1.54) is 19.3 Å². The summed E-state index contributed by atoms with van der Waals surface area (Å²) in [6.45, 7) is 2.63. The van der Waals surface area contributed by atoms with Crippen LogP contribution in [0, 0.1) is 0 Å². The van der Waals surface area contributed by atoms with Gasteiger partial charge in [-0.05, 0) is 31.9 Å². The van der Waals surface area contributed by atoms with E-state index in [-0.39, 0.29) is 6.61 Å². The van der Waals surface area contributed by atoms with Crippen LogP contribution in [0.5, 0.6) is 0 Å². The number of aromatic amines is 1. The Balaban J connectivity index is 1.60. The lowest BCUT2D eigenvalue weighted by atomic mass is 9.94. The van der Waals surface area contributed by atoms with Gasteiger partial charge in [0.2, 0.25) is 0 Å². The van der Waals surface area contributed by atoms with Crippen LogP contribution in [0.3, 0.4) is 0 Å². The van der Waals surface area contributed by atoms with Crippen LogP contribution in [0.15, 0.2) is 18.3 Å². The lowest BCUT2D eigenvalue weighted by molar-refractivity contribution is 0.276. The molecule has 3 heterocycles. The number of aromatic nitrogens is 6. The summed E-state index contributed by atoms with van der Waals surface area (Å²) >= 11 is 6.75. The van der Waals surface area contributed by atoms with Crippen LogP contribution in [0.2, 0.25) is 5.02 Å². The molecule has 1 fully saturated rings. The largest absolute Gasteiger partial charge is 0.390 e. The van der Waals surface area contributed by atoms with Gasteiger partial charge in [-0.2, -0.15) is 10.2 Å². The van der Waals surface area contributed by atoms with Crippen molar-refractivity contribution in [1.82, 2.24) is 29.9 Å². The lowest BCUT2D eigenvalue weighted by Gasteiger charge is -2.32. The zero-order chi connectivity index (χ0) is 21.5. The van der Waals surface area contributed by atoms with Crippen LogP contribution in [0.1, 0.15) is 44.7 Å². The number of nitrogens with one attached hydrogen (secondary N) is 1. The van der Waals surface area contributed by atoms with E-state index >= 15 is 0 Å². The molecule has 1 aliphatic carbocycles. The first-order valence-electron chi connectivity index (χ1n) is 10.9. The molecule has 4 aromatic rings. The number of benzene rings is 1. The molecule has 9 heteroatoms. The molecule has 5 rings (SSSR count). The van der Waals surface area contributed by atoms with Gasteiger partial charge in [-0.3, -0.25) is 9.78 Å². The number of halogens is 1. The van der Waals surface area contributed by atoms with Gasteiger partial charge in [0.25, 0.3) is 0 Å². The summed E-state index contributed by atoms with van der Waals surface area (Å²) in [5.41, 5.74) is 3.98. The fourth-order valence-corrected chi connectivity index (χ4v) is 4.84. The summed E-state index contributed by atoms with van der Waals surface area (Å²) in [7, 11) is 2.04. The van der Waals surface area contributed by atoms with Gasteiger partial charge in [-0.15, -0.1) is 0 Å². The molecule has 31 heavy (non-hydrogen) atoms. The van der Waals surface area contributed by atoms with Crippen LogP contribution in [0.4, 0.5) is 5.82 Å². The molecule has 2 N–H and O–H groups in total. The molecule has 0 radical (unpaired) electrons. The second kappa shape index (κ2) is 8.09. The molecule has 0 atom stereocenters. The van der Waals surface area contributed by atoms with Crippen LogP contribution in [-0.4, -0.2) is 48.1 Å². The first-order valence-corrected chi connectivity index (χ1v) is 11.2. The molecule has 8 nitrogen and oxygen atoms in total. The maximum Gasteiger partial charge on any atom is 0.177 e. The molecule has 0 unspecified atom stereocenters. The van der Waals surface area contributed by atoms with Gasteiger partial charge in [0, 0.05) is 36.8 Å². The Morgan fingerprint density at radius 2 is 2.03 bits per heavy atom. The van der Waals surface area contributed by atoms with Crippen molar-refractivity contribution in [3.8, 4) is 11.3 Å². The number of H-pyrrole nitrogens is 1. The number of anilines is 1. The molecule has 0 spiro atoms. The second-order valence-corrected chi connectivity index (χ2v) is 8.55. The van der Waals surface area contributed by atoms with Gasteiger partial charge in [-0.1, -0.05) is 30.9 Å². The molecule has 3 aromatic heterocycles. The third-order valence-corrected chi connectivity index (χ3v) is 6.71. The number of fused-ring (bicyclic) bond motifs is 2. The molecule has 0 saturated heterocycles. The van der Waals surface area contributed by atoms with Crippen LogP contribution in [-0.2, 0) is 13.2 Å². The van der Waals surface area contributed by atoms with Gasteiger partial charge < -0.3 is 10.0 Å².